The fourth-order valence-corrected chi connectivity index (χ4v) is 0.346. The third-order valence-corrected chi connectivity index (χ3v) is 0.755. The lowest BCUT2D eigenvalue weighted by molar-refractivity contribution is 0.150. The quantitative estimate of drug-likeness (QED) is 0.489. The van der Waals surface area contributed by atoms with Crippen LogP contribution in [0, 0.1) is 6.42 Å². The van der Waals surface area contributed by atoms with Gasteiger partial charge in [0, 0.05) is 13.2 Å². The van der Waals surface area contributed by atoms with Gasteiger partial charge in [0.05, 0.1) is 0 Å². The highest BCUT2D eigenvalue weighted by molar-refractivity contribution is 4.52. The summed E-state index contributed by atoms with van der Waals surface area (Å²) in [6, 6.07) is 0. The molecule has 0 unspecified atom stereocenters. The van der Waals surface area contributed by atoms with E-state index in [1.165, 1.54) is 0 Å². The molecule has 0 aromatic heterocycles. The maximum absolute atomic E-state index is 5.04. The van der Waals surface area contributed by atoms with Crippen molar-refractivity contribution in [2.75, 3.05) is 13.2 Å². The molecule has 0 amide bonds. The maximum Gasteiger partial charge on any atom is 0.0468 e. The molecule has 0 aromatic carbocycles. The minimum Gasteiger partial charge on any atom is -0.382 e. The van der Waals surface area contributed by atoms with E-state index in [0.717, 1.165) is 19.6 Å². The topological polar surface area (TPSA) is 9.23 Å². The van der Waals surface area contributed by atoms with Crippen molar-refractivity contribution in [2.45, 2.75) is 20.3 Å². The molecule has 0 saturated carbocycles. The predicted octanol–water partition coefficient (Wildman–Crippen LogP) is 1.64. The van der Waals surface area contributed by atoms with Gasteiger partial charge in [-0.05, 0) is 19.8 Å². The van der Waals surface area contributed by atoms with Crippen molar-refractivity contribution in [3.05, 3.63) is 6.42 Å². The molecule has 1 nitrogen and oxygen atoms in total. The Kier molecular flexibility index (Phi) is 5.93. The summed E-state index contributed by atoms with van der Waals surface area (Å²) in [6.07, 6.45) is 3.18. The van der Waals surface area contributed by atoms with Crippen LogP contribution in [0.5, 0.6) is 0 Å². The molecule has 0 aromatic rings. The van der Waals surface area contributed by atoms with Crippen molar-refractivity contribution in [1.29, 1.82) is 0 Å². The van der Waals surface area contributed by atoms with Crippen LogP contribution in [0.4, 0.5) is 0 Å². The van der Waals surface area contributed by atoms with Crippen LogP contribution in [0.2, 0.25) is 0 Å². The van der Waals surface area contributed by atoms with Gasteiger partial charge in [0.1, 0.15) is 0 Å². The minimum atomic E-state index is 0.841. The monoisotopic (exact) mass is 101 g/mol. The third kappa shape index (κ3) is 5.96. The summed E-state index contributed by atoms with van der Waals surface area (Å²) >= 11 is 0. The van der Waals surface area contributed by atoms with Gasteiger partial charge in [0.2, 0.25) is 0 Å². The van der Waals surface area contributed by atoms with Gasteiger partial charge in [-0.25, -0.2) is 0 Å². The largest absolute Gasteiger partial charge is 0.382 e. The van der Waals surface area contributed by atoms with Crippen molar-refractivity contribution in [3.8, 4) is 0 Å². The zero-order valence-corrected chi connectivity index (χ0v) is 5.11. The average Bonchev–Trinajstić information content (AvgIpc) is 1.69. The molecule has 0 N–H and O–H groups in total. The summed E-state index contributed by atoms with van der Waals surface area (Å²) in [7, 11) is 0. The van der Waals surface area contributed by atoms with Gasteiger partial charge in [-0.1, -0.05) is 6.92 Å². The second-order valence-corrected chi connectivity index (χ2v) is 1.39. The minimum absolute atomic E-state index is 0.841. The Morgan fingerprint density at radius 1 is 1.57 bits per heavy atom. The van der Waals surface area contributed by atoms with Gasteiger partial charge in [0.15, 0.2) is 0 Å². The molecule has 0 spiro atoms. The number of hydrogen-bond acceptors (Lipinski definition) is 1. The summed E-state index contributed by atoms with van der Waals surface area (Å²) < 4.78 is 5.04. The molecule has 0 atom stereocenters. The molecule has 0 saturated heterocycles. The first kappa shape index (κ1) is 6.96. The van der Waals surface area contributed by atoms with E-state index in [1.807, 2.05) is 13.8 Å². The first-order chi connectivity index (χ1) is 3.41. The van der Waals surface area contributed by atoms with E-state index in [-0.39, 0.29) is 0 Å². The van der Waals surface area contributed by atoms with Crippen molar-refractivity contribution in [2.24, 2.45) is 0 Å². The predicted molar refractivity (Wildman–Crippen MR) is 31.1 cm³/mol. The fourth-order valence-electron chi connectivity index (χ4n) is 0.346. The van der Waals surface area contributed by atoms with E-state index < -0.39 is 0 Å². The second kappa shape index (κ2) is 5.96. The van der Waals surface area contributed by atoms with Crippen molar-refractivity contribution in [3.63, 3.8) is 0 Å². The van der Waals surface area contributed by atoms with E-state index in [2.05, 4.69) is 6.42 Å². The molecule has 0 heterocycles. The molecule has 0 rings (SSSR count). The highest BCUT2D eigenvalue weighted by Gasteiger charge is 1.78. The summed E-state index contributed by atoms with van der Waals surface area (Å²) in [5.41, 5.74) is 0. The smallest absolute Gasteiger partial charge is 0.0468 e. The lowest BCUT2D eigenvalue weighted by Crippen LogP contribution is -1.91. The molecule has 43 valence electrons. The maximum atomic E-state index is 5.04. The SMILES string of the molecule is C[CH]CCOCC. The van der Waals surface area contributed by atoms with Crippen LogP contribution in [0.15, 0.2) is 0 Å². The molecule has 1 heteroatoms. The molecular weight excluding hydrogens is 88.1 g/mol. The van der Waals surface area contributed by atoms with Crippen LogP contribution < -0.4 is 0 Å². The van der Waals surface area contributed by atoms with E-state index in [0.29, 0.717) is 0 Å². The second-order valence-electron chi connectivity index (χ2n) is 1.39. The molecule has 0 fully saturated rings. The van der Waals surface area contributed by atoms with Crippen LogP contribution in [-0.4, -0.2) is 13.2 Å². The molecule has 1 radical (unpaired) electrons. The van der Waals surface area contributed by atoms with Gasteiger partial charge >= 0.3 is 0 Å². The summed E-state index contributed by atoms with van der Waals surface area (Å²) in [5, 5.41) is 0. The van der Waals surface area contributed by atoms with Gasteiger partial charge in [-0.2, -0.15) is 0 Å². The molecule has 0 bridgehead atoms. The van der Waals surface area contributed by atoms with Gasteiger partial charge < -0.3 is 4.74 Å². The van der Waals surface area contributed by atoms with Crippen LogP contribution in [0.1, 0.15) is 20.3 Å². The van der Waals surface area contributed by atoms with E-state index in [4.69, 9.17) is 4.74 Å². The normalized spacial score (nSPS) is 9.43. The zero-order chi connectivity index (χ0) is 5.54. The Hall–Kier alpha value is -0.0400. The first-order valence-corrected chi connectivity index (χ1v) is 2.77. The Morgan fingerprint density at radius 2 is 2.29 bits per heavy atom. The third-order valence-electron chi connectivity index (χ3n) is 0.755. The highest BCUT2D eigenvalue weighted by Crippen LogP contribution is 1.84. The summed E-state index contributed by atoms with van der Waals surface area (Å²) in [4.78, 5) is 0. The number of ether oxygens (including phenoxy) is 1. The van der Waals surface area contributed by atoms with Gasteiger partial charge in [0.25, 0.3) is 0 Å². The van der Waals surface area contributed by atoms with Crippen LogP contribution in [0.3, 0.4) is 0 Å². The average molecular weight is 101 g/mol. The zero-order valence-electron chi connectivity index (χ0n) is 5.11. The Morgan fingerprint density at radius 3 is 2.71 bits per heavy atom. The lowest BCUT2D eigenvalue weighted by atomic mass is 10.4. The van der Waals surface area contributed by atoms with E-state index in [1.54, 1.807) is 0 Å². The molecular formula is C6H13O. The van der Waals surface area contributed by atoms with Crippen LogP contribution in [0.25, 0.3) is 0 Å². The summed E-state index contributed by atoms with van der Waals surface area (Å²) in [5.74, 6) is 0. The Bertz CT molecular complexity index is 23.4. The van der Waals surface area contributed by atoms with Gasteiger partial charge in [-0.3, -0.25) is 0 Å². The van der Waals surface area contributed by atoms with Crippen molar-refractivity contribution in [1.82, 2.24) is 0 Å². The number of rotatable bonds is 4. The van der Waals surface area contributed by atoms with Crippen molar-refractivity contribution < 1.29 is 4.74 Å². The number of unbranched alkanes of at least 4 members (excludes halogenated alkanes) is 1. The molecule has 0 aliphatic rings. The highest BCUT2D eigenvalue weighted by atomic mass is 16.5. The Labute approximate surface area is 45.7 Å². The van der Waals surface area contributed by atoms with Crippen molar-refractivity contribution >= 4 is 0 Å². The number of hydrogen-bond donors (Lipinski definition) is 0. The lowest BCUT2D eigenvalue weighted by Gasteiger charge is -1.94. The van der Waals surface area contributed by atoms with Gasteiger partial charge in [-0.15, -0.1) is 0 Å². The summed E-state index contributed by atoms with van der Waals surface area (Å²) in [6.45, 7) is 5.77. The fraction of sp³-hybridized carbons (Fsp3) is 0.833. The first-order valence-electron chi connectivity index (χ1n) is 2.77. The molecule has 0 aliphatic heterocycles. The standard InChI is InChI=1S/C6H13O/c1-3-5-6-7-4-2/h3H,4-6H2,1-2H3. The molecule has 7 heavy (non-hydrogen) atoms. The molecule has 0 aliphatic carbocycles. The van der Waals surface area contributed by atoms with E-state index >= 15 is 0 Å². The Balaban J connectivity index is 2.45. The van der Waals surface area contributed by atoms with E-state index in [9.17, 15) is 0 Å². The van der Waals surface area contributed by atoms with Crippen LogP contribution >= 0.6 is 0 Å². The van der Waals surface area contributed by atoms with Crippen LogP contribution in [-0.2, 0) is 4.74 Å².